The molecule has 0 bridgehead atoms. The van der Waals surface area contributed by atoms with E-state index in [9.17, 15) is 12.8 Å². The van der Waals surface area contributed by atoms with Gasteiger partial charge in [0.05, 0.1) is 10.6 Å². The van der Waals surface area contributed by atoms with Crippen molar-refractivity contribution in [3.05, 3.63) is 90.1 Å². The van der Waals surface area contributed by atoms with Gasteiger partial charge in [0.2, 0.25) is 0 Å². The van der Waals surface area contributed by atoms with Gasteiger partial charge in [-0.2, -0.15) is 9.61 Å². The maximum absolute atomic E-state index is 13.1. The molecule has 5 rings (SSSR count). The normalized spacial score (nSPS) is 11.7. The summed E-state index contributed by atoms with van der Waals surface area (Å²) in [5.41, 5.74) is 1.86. The number of hydrogen-bond acceptors (Lipinski definition) is 6. The summed E-state index contributed by atoms with van der Waals surface area (Å²) in [5, 5.41) is 15.0. The Morgan fingerprint density at radius 1 is 0.939 bits per heavy atom. The predicted octanol–water partition coefficient (Wildman–Crippen LogP) is 4.10. The molecule has 0 aliphatic carbocycles. The van der Waals surface area contributed by atoms with Crippen molar-refractivity contribution in [3.63, 3.8) is 0 Å². The monoisotopic (exact) mass is 463 g/mol. The van der Waals surface area contributed by atoms with Gasteiger partial charge in [0.25, 0.3) is 10.0 Å². The molecule has 5 aromatic rings. The summed E-state index contributed by atoms with van der Waals surface area (Å²) in [6.07, 6.45) is 0. The molecule has 1 N–H and O–H groups in total. The summed E-state index contributed by atoms with van der Waals surface area (Å²) < 4.78 is 47.9. The van der Waals surface area contributed by atoms with Crippen molar-refractivity contribution < 1.29 is 17.5 Å². The molecule has 0 fully saturated rings. The Hall–Kier alpha value is -4.05. The second-order valence-corrected chi connectivity index (χ2v) is 9.04. The number of anilines is 1. The molecule has 0 amide bonds. The Bertz CT molecular complexity index is 1570. The van der Waals surface area contributed by atoms with E-state index in [1.54, 1.807) is 28.8 Å². The minimum atomic E-state index is -3.82. The third kappa shape index (κ3) is 4.08. The summed E-state index contributed by atoms with van der Waals surface area (Å²) in [7, 11) is -3.82. The lowest BCUT2D eigenvalue weighted by Gasteiger charge is -2.10. The zero-order valence-electron chi connectivity index (χ0n) is 17.4. The second kappa shape index (κ2) is 8.14. The number of fused-ring (bicyclic) bond motifs is 3. The van der Waals surface area contributed by atoms with E-state index in [4.69, 9.17) is 4.74 Å². The molecule has 0 spiro atoms. The fourth-order valence-corrected chi connectivity index (χ4v) is 4.53. The highest BCUT2D eigenvalue weighted by Gasteiger charge is 2.15. The van der Waals surface area contributed by atoms with Gasteiger partial charge in [0, 0.05) is 16.5 Å². The molecule has 8 nitrogen and oxygen atoms in total. The van der Waals surface area contributed by atoms with Crippen LogP contribution >= 0.6 is 0 Å². The van der Waals surface area contributed by atoms with Crippen LogP contribution in [-0.2, 0) is 16.6 Å². The number of nitrogens with one attached hydrogen (secondary N) is 1. The number of rotatable bonds is 6. The standard InChI is InChI=1S/C23H18FN5O3S/c1-15-20-4-2-3-5-21(20)23-26-25-22(29(23)27-15)14-32-18-10-8-17(9-11-18)28-33(30,31)19-12-6-16(24)7-13-19/h2-13,28H,14H2,1H3. The smallest absolute Gasteiger partial charge is 0.261 e. The van der Waals surface area contributed by atoms with Crippen molar-refractivity contribution in [1.82, 2.24) is 19.8 Å². The van der Waals surface area contributed by atoms with Crippen LogP contribution in [0, 0.1) is 12.7 Å². The SMILES string of the molecule is Cc1nn2c(COc3ccc(NS(=O)(=O)c4ccc(F)cc4)cc3)nnc2c2ccccc12. The maximum Gasteiger partial charge on any atom is 0.261 e. The van der Waals surface area contributed by atoms with Crippen molar-refractivity contribution in [1.29, 1.82) is 0 Å². The van der Waals surface area contributed by atoms with Crippen LogP contribution < -0.4 is 9.46 Å². The number of benzene rings is 3. The first kappa shape index (κ1) is 20.8. The minimum Gasteiger partial charge on any atom is -0.486 e. The van der Waals surface area contributed by atoms with E-state index in [2.05, 4.69) is 20.0 Å². The summed E-state index contributed by atoms with van der Waals surface area (Å²) in [4.78, 5) is -0.0294. The quantitative estimate of drug-likeness (QED) is 0.407. The number of halogens is 1. The fourth-order valence-electron chi connectivity index (χ4n) is 3.47. The molecule has 3 aromatic carbocycles. The molecule has 0 aliphatic rings. The van der Waals surface area contributed by atoms with Crippen LogP contribution in [0.4, 0.5) is 10.1 Å². The zero-order valence-corrected chi connectivity index (χ0v) is 18.3. The van der Waals surface area contributed by atoms with Gasteiger partial charge in [-0.1, -0.05) is 24.3 Å². The van der Waals surface area contributed by atoms with Gasteiger partial charge in [0.15, 0.2) is 11.5 Å². The van der Waals surface area contributed by atoms with E-state index < -0.39 is 15.8 Å². The Balaban J connectivity index is 1.31. The minimum absolute atomic E-state index is 0.0294. The third-order valence-corrected chi connectivity index (χ3v) is 6.51. The third-order valence-electron chi connectivity index (χ3n) is 5.11. The number of aromatic nitrogens is 4. The maximum atomic E-state index is 13.1. The molecule has 10 heteroatoms. The second-order valence-electron chi connectivity index (χ2n) is 7.36. The topological polar surface area (TPSA) is 98.5 Å². The highest BCUT2D eigenvalue weighted by molar-refractivity contribution is 7.92. The Kier molecular flexibility index (Phi) is 5.14. The lowest BCUT2D eigenvalue weighted by atomic mass is 10.1. The average Bonchev–Trinajstić information content (AvgIpc) is 3.22. The highest BCUT2D eigenvalue weighted by atomic mass is 32.2. The van der Waals surface area contributed by atoms with Crippen LogP contribution in [0.15, 0.2) is 77.7 Å². The lowest BCUT2D eigenvalue weighted by Crippen LogP contribution is -2.12. The number of hydrogen-bond donors (Lipinski definition) is 1. The van der Waals surface area contributed by atoms with Crippen molar-refractivity contribution in [2.75, 3.05) is 4.72 Å². The van der Waals surface area contributed by atoms with E-state index in [-0.39, 0.29) is 11.5 Å². The van der Waals surface area contributed by atoms with Crippen molar-refractivity contribution in [2.24, 2.45) is 0 Å². The van der Waals surface area contributed by atoms with Crippen molar-refractivity contribution in [3.8, 4) is 5.75 Å². The molecule has 0 unspecified atom stereocenters. The molecule has 2 heterocycles. The first-order valence-corrected chi connectivity index (χ1v) is 11.5. The molecule has 166 valence electrons. The first-order chi connectivity index (χ1) is 15.9. The van der Waals surface area contributed by atoms with Gasteiger partial charge in [-0.3, -0.25) is 4.72 Å². The molecule has 0 aliphatic heterocycles. The van der Waals surface area contributed by atoms with Gasteiger partial charge in [-0.15, -0.1) is 10.2 Å². The Morgan fingerprint density at radius 3 is 2.36 bits per heavy atom. The van der Waals surface area contributed by atoms with E-state index >= 15 is 0 Å². The molecule has 0 atom stereocenters. The molecular weight excluding hydrogens is 445 g/mol. The summed E-state index contributed by atoms with van der Waals surface area (Å²) in [5.74, 6) is 0.559. The van der Waals surface area contributed by atoms with Crippen LogP contribution in [0.25, 0.3) is 16.4 Å². The van der Waals surface area contributed by atoms with E-state index in [1.165, 1.54) is 12.1 Å². The summed E-state index contributed by atoms with van der Waals surface area (Å²) in [6, 6.07) is 18.9. The molecule has 0 radical (unpaired) electrons. The Morgan fingerprint density at radius 2 is 1.64 bits per heavy atom. The zero-order chi connectivity index (χ0) is 23.0. The molecular formula is C23H18FN5O3S. The molecule has 0 saturated heterocycles. The van der Waals surface area contributed by atoms with Gasteiger partial charge >= 0.3 is 0 Å². The van der Waals surface area contributed by atoms with Crippen LogP contribution in [0.2, 0.25) is 0 Å². The highest BCUT2D eigenvalue weighted by Crippen LogP contribution is 2.23. The number of aryl methyl sites for hydroxylation is 1. The van der Waals surface area contributed by atoms with E-state index in [1.807, 2.05) is 31.2 Å². The van der Waals surface area contributed by atoms with Crippen LogP contribution in [0.5, 0.6) is 5.75 Å². The van der Waals surface area contributed by atoms with Gasteiger partial charge in [-0.05, 0) is 55.5 Å². The van der Waals surface area contributed by atoms with Gasteiger partial charge in [0.1, 0.15) is 18.2 Å². The number of sulfonamides is 1. The predicted molar refractivity (Wildman–Crippen MR) is 121 cm³/mol. The van der Waals surface area contributed by atoms with Crippen LogP contribution in [0.1, 0.15) is 11.5 Å². The van der Waals surface area contributed by atoms with Gasteiger partial charge in [-0.25, -0.2) is 12.8 Å². The van der Waals surface area contributed by atoms with Crippen LogP contribution in [-0.4, -0.2) is 28.2 Å². The largest absolute Gasteiger partial charge is 0.486 e. The van der Waals surface area contributed by atoms with Crippen molar-refractivity contribution in [2.45, 2.75) is 18.4 Å². The van der Waals surface area contributed by atoms with Crippen LogP contribution in [0.3, 0.4) is 0 Å². The molecule has 2 aromatic heterocycles. The molecule has 0 saturated carbocycles. The number of nitrogens with zero attached hydrogens (tertiary/aromatic N) is 4. The van der Waals surface area contributed by atoms with Gasteiger partial charge < -0.3 is 4.74 Å². The average molecular weight is 463 g/mol. The first-order valence-electron chi connectivity index (χ1n) is 10.0. The summed E-state index contributed by atoms with van der Waals surface area (Å²) >= 11 is 0. The summed E-state index contributed by atoms with van der Waals surface area (Å²) in [6.45, 7) is 2.06. The Labute approximate surface area is 188 Å². The van der Waals surface area contributed by atoms with E-state index in [0.29, 0.717) is 22.9 Å². The number of ether oxygens (including phenoxy) is 1. The lowest BCUT2D eigenvalue weighted by molar-refractivity contribution is 0.292. The van der Waals surface area contributed by atoms with E-state index in [0.717, 1.165) is 28.6 Å². The molecule has 33 heavy (non-hydrogen) atoms. The fraction of sp³-hybridized carbons (Fsp3) is 0.0870. The van der Waals surface area contributed by atoms with Crippen molar-refractivity contribution >= 4 is 32.1 Å².